The summed E-state index contributed by atoms with van der Waals surface area (Å²) in [5.74, 6) is 0. The van der Waals surface area contributed by atoms with Gasteiger partial charge in [0.1, 0.15) is 0 Å². The van der Waals surface area contributed by atoms with E-state index in [4.69, 9.17) is 0 Å². The third-order valence-corrected chi connectivity index (χ3v) is 1.19. The Bertz CT molecular complexity index is 192. The van der Waals surface area contributed by atoms with E-state index in [-0.39, 0.29) is 27.6 Å². The van der Waals surface area contributed by atoms with E-state index in [1.807, 2.05) is 42.5 Å². The van der Waals surface area contributed by atoms with Gasteiger partial charge in [-0.25, -0.2) is 12.2 Å². The summed E-state index contributed by atoms with van der Waals surface area (Å²) in [6.45, 7) is 0. The normalized spacial score (nSPS) is 11.3. The maximum Gasteiger partial charge on any atom is 2.00 e. The van der Waals surface area contributed by atoms with Crippen LogP contribution in [-0.4, -0.2) is 0 Å². The Morgan fingerprint density at radius 1 is 1.08 bits per heavy atom. The molecule has 1 heteroatoms. The van der Waals surface area contributed by atoms with Crippen LogP contribution in [0.4, 0.5) is 0 Å². The first kappa shape index (κ1) is 11.6. The quantitative estimate of drug-likeness (QED) is 0.606. The van der Waals surface area contributed by atoms with E-state index < -0.39 is 0 Å². The molecule has 1 aliphatic carbocycles. The van der Waals surface area contributed by atoms with Crippen LogP contribution in [0.2, 0.25) is 0 Å². The van der Waals surface area contributed by atoms with Gasteiger partial charge in [0, 0.05) is 0 Å². The molecule has 0 fully saturated rings. The minimum atomic E-state index is 0. The van der Waals surface area contributed by atoms with E-state index in [1.54, 1.807) is 0 Å². The molecule has 0 spiro atoms. The van der Waals surface area contributed by atoms with Gasteiger partial charge in [-0.05, 0) is 0 Å². The van der Waals surface area contributed by atoms with Crippen molar-refractivity contribution in [1.29, 1.82) is 0 Å². The van der Waals surface area contributed by atoms with Crippen LogP contribution in [0.1, 0.15) is 7.85 Å². The maximum absolute atomic E-state index is 2.99. The van der Waals surface area contributed by atoms with Crippen molar-refractivity contribution in [3.63, 3.8) is 0 Å². The Labute approximate surface area is 94.6 Å². The van der Waals surface area contributed by atoms with Gasteiger partial charge in [0.15, 0.2) is 0 Å². The van der Waals surface area contributed by atoms with Gasteiger partial charge in [0.25, 0.3) is 0 Å². The van der Waals surface area contributed by atoms with Gasteiger partial charge >= 0.3 is 26.2 Å². The molecule has 2 rings (SSSR count). The van der Waals surface area contributed by atoms with Crippen molar-refractivity contribution in [2.75, 3.05) is 0 Å². The summed E-state index contributed by atoms with van der Waals surface area (Å²) in [5, 5.41) is 0. The first-order valence-corrected chi connectivity index (χ1v) is 3.63. The monoisotopic (exact) mass is 233 g/mol. The number of allylic oxidation sites excluding steroid dienone is 4. The first-order chi connectivity index (χ1) is 5.50. The Morgan fingerprint density at radius 3 is 2.00 bits per heavy atom. The average Bonchev–Trinajstić information content (AvgIpc) is 2.64. The van der Waals surface area contributed by atoms with Crippen molar-refractivity contribution in [3.8, 4) is 0 Å². The molecular formula is C11H11Zr-. The number of rotatable bonds is 0. The van der Waals surface area contributed by atoms with Crippen LogP contribution in [0.15, 0.2) is 48.6 Å². The SMILES string of the molecule is [C-]1=CC=CC1.[H-].[Zr+2].[c-]1ccccc1. The zero-order chi connectivity index (χ0) is 7.78. The fourth-order valence-electron chi connectivity index (χ4n) is 0.682. The van der Waals surface area contributed by atoms with Crippen LogP contribution >= 0.6 is 0 Å². The molecule has 0 nitrogen and oxygen atoms in total. The van der Waals surface area contributed by atoms with Crippen molar-refractivity contribution in [3.05, 3.63) is 60.7 Å². The van der Waals surface area contributed by atoms with Crippen LogP contribution < -0.4 is 0 Å². The smallest absolute Gasteiger partial charge is 1.00 e. The molecule has 0 heterocycles. The number of hydrogen-bond donors (Lipinski definition) is 0. The molecule has 0 radical (unpaired) electrons. The molecule has 0 N–H and O–H groups in total. The van der Waals surface area contributed by atoms with Crippen molar-refractivity contribution in [2.24, 2.45) is 0 Å². The molecule has 0 aliphatic heterocycles. The molecule has 0 aromatic heterocycles. The van der Waals surface area contributed by atoms with Crippen LogP contribution in [0, 0.1) is 12.1 Å². The number of hydrogen-bond acceptors (Lipinski definition) is 0. The second-order valence-corrected chi connectivity index (χ2v) is 2.08. The second kappa shape index (κ2) is 8.68. The Hall–Kier alpha value is -0.417. The molecular weight excluding hydrogens is 223 g/mol. The van der Waals surface area contributed by atoms with Gasteiger partial charge in [-0.3, -0.25) is 6.08 Å². The minimum absolute atomic E-state index is 0. The van der Waals surface area contributed by atoms with E-state index in [1.165, 1.54) is 0 Å². The van der Waals surface area contributed by atoms with Gasteiger partial charge in [0.2, 0.25) is 0 Å². The molecule has 1 aromatic rings. The topological polar surface area (TPSA) is 0 Å². The Balaban J connectivity index is 0. The Morgan fingerprint density at radius 2 is 1.83 bits per heavy atom. The van der Waals surface area contributed by atoms with Crippen molar-refractivity contribution in [2.45, 2.75) is 6.42 Å². The van der Waals surface area contributed by atoms with Crippen LogP contribution in [0.5, 0.6) is 0 Å². The predicted molar refractivity (Wildman–Crippen MR) is 48.0 cm³/mol. The summed E-state index contributed by atoms with van der Waals surface area (Å²) in [6, 6.07) is 12.5. The summed E-state index contributed by atoms with van der Waals surface area (Å²) in [5.41, 5.74) is 0. The molecule has 1 aliphatic rings. The molecule has 0 amide bonds. The zero-order valence-electron chi connectivity index (χ0n) is 7.83. The Kier molecular flexibility index (Phi) is 8.38. The summed E-state index contributed by atoms with van der Waals surface area (Å²) >= 11 is 0. The van der Waals surface area contributed by atoms with Gasteiger partial charge in [0.05, 0.1) is 0 Å². The standard InChI is InChI=1S/C6H5.C5H5.Zr.H/c1-2-4-6-5-3-1;1-2-4-5-3-1;;/h1-5H;1-3H,4H2;;/q2*-1;+2;-1. The van der Waals surface area contributed by atoms with Crippen molar-refractivity contribution < 1.29 is 27.6 Å². The molecule has 12 heavy (non-hydrogen) atoms. The molecule has 60 valence electrons. The zero-order valence-corrected chi connectivity index (χ0v) is 9.28. The van der Waals surface area contributed by atoms with Gasteiger partial charge in [-0.15, -0.1) is 6.42 Å². The fraction of sp³-hybridized carbons (Fsp3) is 0.0909. The van der Waals surface area contributed by atoms with Gasteiger partial charge < -0.3 is 1.43 Å². The van der Waals surface area contributed by atoms with E-state index in [0.29, 0.717) is 0 Å². The summed E-state index contributed by atoms with van der Waals surface area (Å²) < 4.78 is 0. The summed E-state index contributed by atoms with van der Waals surface area (Å²) in [7, 11) is 0. The fourth-order valence-corrected chi connectivity index (χ4v) is 0.682. The summed E-state index contributed by atoms with van der Waals surface area (Å²) in [6.07, 6.45) is 10.0. The summed E-state index contributed by atoms with van der Waals surface area (Å²) in [4.78, 5) is 0. The maximum atomic E-state index is 2.99. The van der Waals surface area contributed by atoms with Crippen molar-refractivity contribution >= 4 is 0 Å². The third-order valence-electron chi connectivity index (χ3n) is 1.19. The van der Waals surface area contributed by atoms with E-state index in [2.05, 4.69) is 18.2 Å². The predicted octanol–water partition coefficient (Wildman–Crippen LogP) is 2.90. The first-order valence-electron chi connectivity index (χ1n) is 3.63. The third kappa shape index (κ3) is 6.30. The van der Waals surface area contributed by atoms with E-state index in [9.17, 15) is 0 Å². The van der Waals surface area contributed by atoms with Crippen molar-refractivity contribution in [1.82, 2.24) is 0 Å². The van der Waals surface area contributed by atoms with Gasteiger partial charge in [-0.2, -0.15) is 42.5 Å². The van der Waals surface area contributed by atoms with Crippen LogP contribution in [0.25, 0.3) is 0 Å². The molecule has 0 saturated heterocycles. The average molecular weight is 234 g/mol. The van der Waals surface area contributed by atoms with Crippen LogP contribution in [-0.2, 0) is 26.2 Å². The molecule has 0 bridgehead atoms. The second-order valence-electron chi connectivity index (χ2n) is 2.08. The molecule has 1 aromatic carbocycles. The van der Waals surface area contributed by atoms with Crippen LogP contribution in [0.3, 0.4) is 0 Å². The van der Waals surface area contributed by atoms with Gasteiger partial charge in [-0.1, -0.05) is 0 Å². The molecule has 0 atom stereocenters. The number of benzene rings is 1. The molecule has 0 saturated carbocycles. The largest absolute Gasteiger partial charge is 2.00 e. The van der Waals surface area contributed by atoms with E-state index in [0.717, 1.165) is 6.42 Å². The molecule has 0 unspecified atom stereocenters. The van der Waals surface area contributed by atoms with E-state index >= 15 is 0 Å². The minimum Gasteiger partial charge on any atom is -1.00 e.